The van der Waals surface area contributed by atoms with Crippen LogP contribution in [-0.2, 0) is 0 Å². The molecule has 1 spiro atoms. The summed E-state index contributed by atoms with van der Waals surface area (Å²) >= 11 is 6.48. The largest absolute Gasteiger partial charge is 0.496 e. The third kappa shape index (κ3) is 1.94. The van der Waals surface area contributed by atoms with Gasteiger partial charge in [-0.2, -0.15) is 0 Å². The van der Waals surface area contributed by atoms with E-state index in [1.54, 1.807) is 6.07 Å². The summed E-state index contributed by atoms with van der Waals surface area (Å²) in [5.74, 6) is 0.434. The predicted molar refractivity (Wildman–Crippen MR) is 107 cm³/mol. The molecule has 0 aromatic heterocycles. The van der Waals surface area contributed by atoms with Gasteiger partial charge >= 0.3 is 0 Å². The van der Waals surface area contributed by atoms with E-state index in [-0.39, 0.29) is 38.9 Å². The van der Waals surface area contributed by atoms with Gasteiger partial charge in [0.2, 0.25) is 11.4 Å². The van der Waals surface area contributed by atoms with Crippen molar-refractivity contribution in [2.45, 2.75) is 52.7 Å². The van der Waals surface area contributed by atoms with Crippen LogP contribution in [-0.4, -0.2) is 36.8 Å². The molecule has 3 atom stereocenters. The van der Waals surface area contributed by atoms with E-state index in [4.69, 9.17) is 25.8 Å². The molecule has 0 unspecified atom stereocenters. The lowest BCUT2D eigenvalue weighted by molar-refractivity contribution is -0.0791. The molecule has 6 heteroatoms. The summed E-state index contributed by atoms with van der Waals surface area (Å²) in [7, 11) is 2.98. The maximum Gasteiger partial charge on any atom is 0.217 e. The summed E-state index contributed by atoms with van der Waals surface area (Å²) in [6, 6.07) is 1.59. The number of aliphatic hydroxyl groups excluding tert-OH is 1. The van der Waals surface area contributed by atoms with Crippen molar-refractivity contribution in [2.75, 3.05) is 14.2 Å². The number of benzene rings is 1. The van der Waals surface area contributed by atoms with Crippen molar-refractivity contribution in [3.05, 3.63) is 27.8 Å². The first-order chi connectivity index (χ1) is 13.0. The Morgan fingerprint density at radius 2 is 1.75 bits per heavy atom. The van der Waals surface area contributed by atoms with Crippen LogP contribution in [0, 0.1) is 16.7 Å². The minimum absolute atomic E-state index is 0.0355. The lowest BCUT2D eigenvalue weighted by Crippen LogP contribution is -2.66. The van der Waals surface area contributed by atoms with E-state index in [0.717, 1.165) is 5.57 Å². The van der Waals surface area contributed by atoms with E-state index in [1.165, 1.54) is 19.8 Å². The highest BCUT2D eigenvalue weighted by Crippen LogP contribution is 2.68. The van der Waals surface area contributed by atoms with Gasteiger partial charge in [0.05, 0.1) is 14.2 Å². The molecule has 0 saturated heterocycles. The molecule has 0 radical (unpaired) electrons. The molecule has 1 heterocycles. The molecule has 2 aliphatic carbocycles. The van der Waals surface area contributed by atoms with Crippen LogP contribution >= 0.6 is 11.6 Å². The number of ether oxygens (including phenoxy) is 3. The van der Waals surface area contributed by atoms with E-state index in [0.29, 0.717) is 17.9 Å². The van der Waals surface area contributed by atoms with E-state index in [1.807, 2.05) is 6.92 Å². The summed E-state index contributed by atoms with van der Waals surface area (Å²) in [5, 5.41) is 11.7. The highest BCUT2D eigenvalue weighted by Gasteiger charge is 2.68. The fraction of sp³-hybridized carbons (Fsp3) is 0.591. The third-order valence-electron chi connectivity index (χ3n) is 7.68. The van der Waals surface area contributed by atoms with E-state index in [9.17, 15) is 9.90 Å². The number of halogens is 1. The number of Topliss-reactive ketones (excluding diaryl/α,β-unsaturated/α-hetero) is 1. The van der Waals surface area contributed by atoms with Gasteiger partial charge in [-0.25, -0.2) is 0 Å². The van der Waals surface area contributed by atoms with Gasteiger partial charge in [-0.1, -0.05) is 51.8 Å². The second-order valence-electron chi connectivity index (χ2n) is 9.17. The number of ketones is 1. The minimum Gasteiger partial charge on any atom is -0.496 e. The average Bonchev–Trinajstić information content (AvgIpc) is 2.95. The summed E-state index contributed by atoms with van der Waals surface area (Å²) in [4.78, 5) is 13.7. The van der Waals surface area contributed by atoms with Crippen molar-refractivity contribution in [1.29, 1.82) is 0 Å². The molecule has 0 saturated carbocycles. The van der Waals surface area contributed by atoms with E-state index < -0.39 is 11.7 Å². The topological polar surface area (TPSA) is 65.0 Å². The number of aliphatic hydroxyl groups is 1. The fourth-order valence-corrected chi connectivity index (χ4v) is 5.57. The SMILES string of the molecule is COc1cc(OC)c2c(c1Cl)O[C@@]1(C2=O)[C@H](C)CC2=C([C@@H]1O)C(C)(C)C2(C)C. The Morgan fingerprint density at radius 3 is 2.32 bits per heavy atom. The average molecular weight is 407 g/mol. The Kier molecular flexibility index (Phi) is 3.97. The molecule has 1 aromatic rings. The van der Waals surface area contributed by atoms with Crippen LogP contribution in [0.15, 0.2) is 17.2 Å². The first-order valence-electron chi connectivity index (χ1n) is 9.57. The van der Waals surface area contributed by atoms with Crippen molar-refractivity contribution >= 4 is 17.4 Å². The maximum absolute atomic E-state index is 13.7. The normalized spacial score (nSPS) is 31.8. The predicted octanol–water partition coefficient (Wildman–Crippen LogP) is 4.43. The van der Waals surface area contributed by atoms with E-state index in [2.05, 4.69) is 27.7 Å². The number of rotatable bonds is 2. The molecular formula is C22H27ClO5. The zero-order valence-electron chi connectivity index (χ0n) is 17.4. The van der Waals surface area contributed by atoms with Gasteiger partial charge in [-0.15, -0.1) is 0 Å². The Balaban J connectivity index is 1.91. The number of carbonyl (C=O) groups is 1. The zero-order valence-corrected chi connectivity index (χ0v) is 18.2. The van der Waals surface area contributed by atoms with Crippen LogP contribution in [0.1, 0.15) is 51.4 Å². The first kappa shape index (κ1) is 19.6. The number of carbonyl (C=O) groups excluding carboxylic acids is 1. The van der Waals surface area contributed by atoms with Crippen molar-refractivity contribution in [3.63, 3.8) is 0 Å². The summed E-state index contributed by atoms with van der Waals surface area (Å²) in [5.41, 5.74) is 0.744. The maximum atomic E-state index is 13.7. The van der Waals surface area contributed by atoms with E-state index >= 15 is 0 Å². The summed E-state index contributed by atoms with van der Waals surface area (Å²) < 4.78 is 17.0. The van der Waals surface area contributed by atoms with Gasteiger partial charge in [0.1, 0.15) is 28.2 Å². The van der Waals surface area contributed by atoms with Crippen LogP contribution in [0.4, 0.5) is 0 Å². The Hall–Kier alpha value is -1.72. The number of hydrogen-bond donors (Lipinski definition) is 1. The first-order valence-corrected chi connectivity index (χ1v) is 9.94. The van der Waals surface area contributed by atoms with Crippen LogP contribution in [0.5, 0.6) is 17.2 Å². The summed E-state index contributed by atoms with van der Waals surface area (Å²) in [6.07, 6.45) is -0.347. The van der Waals surface area contributed by atoms with Crippen LogP contribution in [0.2, 0.25) is 5.02 Å². The molecule has 3 aliphatic rings. The lowest BCUT2D eigenvalue weighted by atomic mass is 9.43. The molecule has 1 aliphatic heterocycles. The van der Waals surface area contributed by atoms with Gasteiger partial charge in [0, 0.05) is 12.0 Å². The Labute approximate surface area is 170 Å². The molecule has 1 N–H and O–H groups in total. The number of allylic oxidation sites excluding steroid dienone is 1. The summed E-state index contributed by atoms with van der Waals surface area (Å²) in [6.45, 7) is 10.6. The molecule has 28 heavy (non-hydrogen) atoms. The second kappa shape index (κ2) is 5.67. The fourth-order valence-electron chi connectivity index (χ4n) is 5.30. The lowest BCUT2D eigenvalue weighted by Gasteiger charge is -2.62. The van der Waals surface area contributed by atoms with Gasteiger partial charge in [0.15, 0.2) is 5.75 Å². The van der Waals surface area contributed by atoms with Crippen molar-refractivity contribution < 1.29 is 24.1 Å². The minimum atomic E-state index is -1.40. The monoisotopic (exact) mass is 406 g/mol. The number of methoxy groups -OCH3 is 2. The molecule has 1 aromatic carbocycles. The van der Waals surface area contributed by atoms with Crippen LogP contribution in [0.3, 0.4) is 0 Å². The Bertz CT molecular complexity index is 929. The standard InChI is InChI=1S/C22H27ClO5/c1-10-8-11-15(21(4,5)20(11,2)3)19(25)22(10)18(24)14-12(26-6)9-13(27-7)16(23)17(14)28-22/h9-10,19,25H,8H2,1-7H3/t10-,19+,22-/m1/s1. The third-order valence-corrected chi connectivity index (χ3v) is 8.04. The molecular weight excluding hydrogens is 380 g/mol. The highest BCUT2D eigenvalue weighted by molar-refractivity contribution is 6.35. The van der Waals surface area contributed by atoms with Crippen molar-refractivity contribution in [2.24, 2.45) is 16.7 Å². The van der Waals surface area contributed by atoms with Gasteiger partial charge in [-0.3, -0.25) is 4.79 Å². The van der Waals surface area contributed by atoms with Gasteiger partial charge < -0.3 is 19.3 Å². The van der Waals surface area contributed by atoms with Gasteiger partial charge in [0.25, 0.3) is 0 Å². The number of hydrogen-bond acceptors (Lipinski definition) is 5. The quantitative estimate of drug-likeness (QED) is 0.736. The second-order valence-corrected chi connectivity index (χ2v) is 9.55. The smallest absolute Gasteiger partial charge is 0.217 e. The molecule has 5 nitrogen and oxygen atoms in total. The molecule has 0 bridgehead atoms. The number of fused-ring (bicyclic) bond motifs is 1. The molecule has 152 valence electrons. The van der Waals surface area contributed by atoms with Crippen molar-refractivity contribution in [3.8, 4) is 17.2 Å². The van der Waals surface area contributed by atoms with Crippen LogP contribution < -0.4 is 14.2 Å². The Morgan fingerprint density at radius 1 is 1.14 bits per heavy atom. The molecule has 0 fully saturated rings. The molecule has 4 rings (SSSR count). The zero-order chi connectivity index (χ0) is 20.8. The molecule has 0 amide bonds. The van der Waals surface area contributed by atoms with Crippen molar-refractivity contribution in [1.82, 2.24) is 0 Å². The van der Waals surface area contributed by atoms with Gasteiger partial charge in [-0.05, 0) is 22.8 Å². The highest BCUT2D eigenvalue weighted by atomic mass is 35.5. The van der Waals surface area contributed by atoms with Crippen LogP contribution in [0.25, 0.3) is 0 Å².